The van der Waals surface area contributed by atoms with Crippen LogP contribution in [0.1, 0.15) is 434 Å². The monoisotopic (exact) mass is 1490 g/mol. The SMILES string of the molecule is CCCCCCCCCCCCCCCC(=O)OC[C@H](COP(=O)(O)OC[C@H](O)COP(=O)(O)OC[C@@H](COC(=O)CCCCCCCCCCCCCCCCC(C)C)OC(=O)CCCCCCCCCCCCCCCCC(C)C)OC(=O)CCCCCCCCCCCCCCC(C)C. The summed E-state index contributed by atoms with van der Waals surface area (Å²) in [4.78, 5) is 73.2. The largest absolute Gasteiger partial charge is 0.472 e. The summed E-state index contributed by atoms with van der Waals surface area (Å²) < 4.78 is 68.8. The van der Waals surface area contributed by atoms with Crippen molar-refractivity contribution in [2.75, 3.05) is 39.6 Å². The van der Waals surface area contributed by atoms with Crippen LogP contribution in [-0.2, 0) is 65.4 Å². The molecule has 5 atom stereocenters. The molecule has 0 saturated heterocycles. The summed E-state index contributed by atoms with van der Waals surface area (Å²) in [7, 11) is -9.93. The normalized spacial score (nSPS) is 13.9. The molecule has 0 fully saturated rings. The Hall–Kier alpha value is -1.94. The standard InChI is InChI=1S/C83H162O17P2/c1-8-9-10-11-12-13-14-19-29-36-43-50-57-64-80(85)93-70-79(100-83(88)67-60-53-46-39-32-25-24-28-35-42-49-56-63-76(6)7)73-98-102(91,92)96-69-77(84)68-95-101(89,90)97-72-78(99-82(87)66-59-52-45-38-31-23-18-16-21-27-34-41-48-55-62-75(4)5)71-94-81(86)65-58-51-44-37-30-22-17-15-20-26-33-40-47-54-61-74(2)3/h74-79,84H,8-73H2,1-7H3,(H,89,90)(H,91,92)/t77-,78-,79-/m1/s1. The number of unbranched alkanes of at least 4 members (excludes halogenated alkanes) is 49. The van der Waals surface area contributed by atoms with Crippen molar-refractivity contribution in [1.29, 1.82) is 0 Å². The average molecular weight is 1490 g/mol. The Bertz CT molecular complexity index is 1970. The Balaban J connectivity index is 5.27. The molecule has 0 saturated carbocycles. The van der Waals surface area contributed by atoms with Crippen molar-refractivity contribution in [1.82, 2.24) is 0 Å². The van der Waals surface area contributed by atoms with E-state index in [4.69, 9.17) is 37.0 Å². The van der Waals surface area contributed by atoms with E-state index < -0.39 is 97.5 Å². The summed E-state index contributed by atoms with van der Waals surface area (Å²) in [6, 6.07) is 0. The van der Waals surface area contributed by atoms with Crippen LogP contribution in [0.5, 0.6) is 0 Å². The van der Waals surface area contributed by atoms with Crippen molar-refractivity contribution < 1.29 is 80.2 Å². The van der Waals surface area contributed by atoms with Gasteiger partial charge in [-0.3, -0.25) is 37.3 Å². The maximum Gasteiger partial charge on any atom is 0.472 e. The van der Waals surface area contributed by atoms with E-state index in [2.05, 4.69) is 48.5 Å². The van der Waals surface area contributed by atoms with E-state index in [-0.39, 0.29) is 25.7 Å². The van der Waals surface area contributed by atoms with Crippen LogP contribution in [0.4, 0.5) is 0 Å². The molecule has 3 N–H and O–H groups in total. The molecule has 17 nitrogen and oxygen atoms in total. The highest BCUT2D eigenvalue weighted by Gasteiger charge is 2.30. The molecule has 0 rings (SSSR count). The second kappa shape index (κ2) is 73.2. The topological polar surface area (TPSA) is 237 Å². The number of aliphatic hydroxyl groups is 1. The van der Waals surface area contributed by atoms with Gasteiger partial charge >= 0.3 is 39.5 Å². The zero-order valence-corrected chi connectivity index (χ0v) is 68.9. The predicted molar refractivity (Wildman–Crippen MR) is 418 cm³/mol. The van der Waals surface area contributed by atoms with E-state index in [0.717, 1.165) is 108 Å². The van der Waals surface area contributed by atoms with Gasteiger partial charge in [0.05, 0.1) is 26.4 Å². The predicted octanol–water partition coefficient (Wildman–Crippen LogP) is 24.9. The average Bonchev–Trinajstić information content (AvgIpc) is 0.941. The second-order valence-corrected chi connectivity index (χ2v) is 34.2. The van der Waals surface area contributed by atoms with Gasteiger partial charge < -0.3 is 33.8 Å². The minimum absolute atomic E-state index is 0.107. The molecular weight excluding hydrogens is 1330 g/mol. The molecule has 0 aliphatic carbocycles. The maximum absolute atomic E-state index is 13.1. The molecular formula is C83H162O17P2. The van der Waals surface area contributed by atoms with Crippen LogP contribution in [-0.4, -0.2) is 96.7 Å². The van der Waals surface area contributed by atoms with Gasteiger partial charge in [0.15, 0.2) is 12.2 Å². The number of rotatable bonds is 81. The van der Waals surface area contributed by atoms with Crippen molar-refractivity contribution in [3.63, 3.8) is 0 Å². The zero-order chi connectivity index (χ0) is 75.1. The van der Waals surface area contributed by atoms with Gasteiger partial charge in [0, 0.05) is 25.7 Å². The Morgan fingerprint density at radius 3 is 0.667 bits per heavy atom. The highest BCUT2D eigenvalue weighted by Crippen LogP contribution is 2.45. The molecule has 0 aliphatic heterocycles. The minimum Gasteiger partial charge on any atom is -0.462 e. The molecule has 19 heteroatoms. The van der Waals surface area contributed by atoms with E-state index in [1.54, 1.807) is 0 Å². The second-order valence-electron chi connectivity index (χ2n) is 31.3. The minimum atomic E-state index is -4.96. The quantitative estimate of drug-likeness (QED) is 0.0222. The molecule has 0 aromatic carbocycles. The Morgan fingerprint density at radius 2 is 0.451 bits per heavy atom. The first-order valence-electron chi connectivity index (χ1n) is 42.8. The van der Waals surface area contributed by atoms with Gasteiger partial charge in [-0.15, -0.1) is 0 Å². The number of hydrogen-bond acceptors (Lipinski definition) is 15. The fourth-order valence-electron chi connectivity index (χ4n) is 12.8. The molecule has 0 aromatic rings. The molecule has 0 bridgehead atoms. The van der Waals surface area contributed by atoms with Crippen LogP contribution in [0.15, 0.2) is 0 Å². The third-order valence-electron chi connectivity index (χ3n) is 19.4. The molecule has 0 heterocycles. The van der Waals surface area contributed by atoms with Crippen molar-refractivity contribution in [3.8, 4) is 0 Å². The van der Waals surface area contributed by atoms with E-state index in [9.17, 15) is 43.2 Å². The van der Waals surface area contributed by atoms with Crippen LogP contribution < -0.4 is 0 Å². The van der Waals surface area contributed by atoms with Crippen molar-refractivity contribution in [2.45, 2.75) is 452 Å². The molecule has 2 unspecified atom stereocenters. The first kappa shape index (κ1) is 100. The highest BCUT2D eigenvalue weighted by atomic mass is 31.2. The van der Waals surface area contributed by atoms with E-state index in [1.165, 1.54) is 244 Å². The van der Waals surface area contributed by atoms with Crippen molar-refractivity contribution in [3.05, 3.63) is 0 Å². The molecule has 0 radical (unpaired) electrons. The lowest BCUT2D eigenvalue weighted by molar-refractivity contribution is -0.161. The van der Waals surface area contributed by atoms with Crippen molar-refractivity contribution in [2.24, 2.45) is 17.8 Å². The first-order valence-corrected chi connectivity index (χ1v) is 45.8. The number of phosphoric ester groups is 2. The molecule has 0 aromatic heterocycles. The fraction of sp³-hybridized carbons (Fsp3) is 0.952. The van der Waals surface area contributed by atoms with Crippen LogP contribution in [0.3, 0.4) is 0 Å². The number of carbonyl (C=O) groups is 4. The van der Waals surface area contributed by atoms with Crippen LogP contribution in [0.2, 0.25) is 0 Å². The van der Waals surface area contributed by atoms with E-state index >= 15 is 0 Å². The third kappa shape index (κ3) is 76.3. The lowest BCUT2D eigenvalue weighted by Crippen LogP contribution is -2.30. The molecule has 102 heavy (non-hydrogen) atoms. The molecule has 606 valence electrons. The number of phosphoric acid groups is 2. The van der Waals surface area contributed by atoms with Gasteiger partial charge in [-0.05, 0) is 43.4 Å². The van der Waals surface area contributed by atoms with Crippen molar-refractivity contribution >= 4 is 39.5 Å². The van der Waals surface area contributed by atoms with Gasteiger partial charge in [-0.25, -0.2) is 9.13 Å². The molecule has 0 spiro atoms. The molecule has 0 aliphatic rings. The van der Waals surface area contributed by atoms with Gasteiger partial charge in [0.2, 0.25) is 0 Å². The van der Waals surface area contributed by atoms with Crippen LogP contribution in [0, 0.1) is 17.8 Å². The third-order valence-corrected chi connectivity index (χ3v) is 21.3. The smallest absolute Gasteiger partial charge is 0.462 e. The lowest BCUT2D eigenvalue weighted by atomic mass is 10.0. The Labute approximate surface area is 626 Å². The number of carbonyl (C=O) groups excluding carboxylic acids is 4. The van der Waals surface area contributed by atoms with Crippen LogP contribution in [0.25, 0.3) is 0 Å². The fourth-order valence-corrected chi connectivity index (χ4v) is 14.4. The number of aliphatic hydroxyl groups excluding tert-OH is 1. The Morgan fingerprint density at radius 1 is 0.265 bits per heavy atom. The summed E-state index contributed by atoms with van der Waals surface area (Å²) in [6.07, 6.45) is 62.3. The van der Waals surface area contributed by atoms with Crippen LogP contribution >= 0.6 is 15.6 Å². The summed E-state index contributed by atoms with van der Waals surface area (Å²) >= 11 is 0. The van der Waals surface area contributed by atoms with E-state index in [0.29, 0.717) is 25.7 Å². The first-order chi connectivity index (χ1) is 49.2. The summed E-state index contributed by atoms with van der Waals surface area (Å²) in [5, 5.41) is 10.7. The molecule has 0 amide bonds. The van der Waals surface area contributed by atoms with Gasteiger partial charge in [0.1, 0.15) is 19.3 Å². The Kier molecular flexibility index (Phi) is 71.8. The zero-order valence-electron chi connectivity index (χ0n) is 67.1. The summed E-state index contributed by atoms with van der Waals surface area (Å²) in [5.74, 6) is 0.265. The lowest BCUT2D eigenvalue weighted by Gasteiger charge is -2.21. The number of ether oxygens (including phenoxy) is 4. The number of hydrogen-bond donors (Lipinski definition) is 3. The summed E-state index contributed by atoms with van der Waals surface area (Å²) in [6.45, 7) is 12.0. The van der Waals surface area contributed by atoms with Gasteiger partial charge in [-0.2, -0.15) is 0 Å². The highest BCUT2D eigenvalue weighted by molar-refractivity contribution is 7.47. The van der Waals surface area contributed by atoms with Gasteiger partial charge in [-0.1, -0.05) is 382 Å². The number of esters is 4. The van der Waals surface area contributed by atoms with E-state index in [1.807, 2.05) is 0 Å². The maximum atomic E-state index is 13.1. The summed E-state index contributed by atoms with van der Waals surface area (Å²) in [5.41, 5.74) is 0. The van der Waals surface area contributed by atoms with Gasteiger partial charge in [0.25, 0.3) is 0 Å².